The predicted molar refractivity (Wildman–Crippen MR) is 106 cm³/mol. The number of nitrogens with one attached hydrogen (secondary N) is 1. The molecule has 0 saturated carbocycles. The van der Waals surface area contributed by atoms with Gasteiger partial charge in [-0.1, -0.05) is 39.7 Å². The van der Waals surface area contributed by atoms with E-state index in [9.17, 15) is 9.59 Å². The van der Waals surface area contributed by atoms with Crippen LogP contribution >= 0.6 is 27.5 Å². The zero-order chi connectivity index (χ0) is 18.7. The van der Waals surface area contributed by atoms with E-state index in [2.05, 4.69) is 26.1 Å². The Hall–Kier alpha value is -1.89. The first-order valence-corrected chi connectivity index (χ1v) is 9.52. The number of nitrogens with zero attached hydrogens (tertiary/aromatic N) is 1. The lowest BCUT2D eigenvalue weighted by Crippen LogP contribution is -2.35. The predicted octanol–water partition coefficient (Wildman–Crippen LogP) is 3.98. The van der Waals surface area contributed by atoms with Gasteiger partial charge >= 0.3 is 0 Å². The Morgan fingerprint density at radius 1 is 1.12 bits per heavy atom. The highest BCUT2D eigenvalue weighted by atomic mass is 79.9. The van der Waals surface area contributed by atoms with Crippen LogP contribution in [0.15, 0.2) is 46.9 Å². The molecular formula is C19H19BrClN3O2. The average Bonchev–Trinajstić information content (AvgIpc) is 3.10. The van der Waals surface area contributed by atoms with Gasteiger partial charge in [-0.15, -0.1) is 0 Å². The van der Waals surface area contributed by atoms with Crippen LogP contribution < -0.4 is 11.1 Å². The fourth-order valence-electron chi connectivity index (χ4n) is 3.18. The van der Waals surface area contributed by atoms with E-state index in [1.807, 2.05) is 24.3 Å². The van der Waals surface area contributed by atoms with Gasteiger partial charge < -0.3 is 11.1 Å². The second-order valence-corrected chi connectivity index (χ2v) is 7.57. The Labute approximate surface area is 165 Å². The van der Waals surface area contributed by atoms with Gasteiger partial charge in [0, 0.05) is 10.2 Å². The maximum absolute atomic E-state index is 13.0. The second-order valence-electron chi connectivity index (χ2n) is 6.25. The van der Waals surface area contributed by atoms with Crippen LogP contribution in [0.4, 0.5) is 5.69 Å². The molecule has 2 aromatic rings. The summed E-state index contributed by atoms with van der Waals surface area (Å²) in [6, 6.07) is 12.1. The van der Waals surface area contributed by atoms with E-state index in [1.54, 1.807) is 12.1 Å². The maximum atomic E-state index is 13.0. The smallest absolute Gasteiger partial charge is 0.250 e. The highest BCUT2D eigenvalue weighted by molar-refractivity contribution is 9.10. The van der Waals surface area contributed by atoms with Crippen molar-refractivity contribution < 1.29 is 9.59 Å². The fraction of sp³-hybridized carbons (Fsp3) is 0.263. The molecule has 1 heterocycles. The van der Waals surface area contributed by atoms with Gasteiger partial charge in [-0.3, -0.25) is 14.5 Å². The van der Waals surface area contributed by atoms with Crippen molar-refractivity contribution in [2.45, 2.75) is 18.9 Å². The van der Waals surface area contributed by atoms with E-state index in [-0.39, 0.29) is 22.5 Å². The number of hydrogen-bond donors (Lipinski definition) is 2. The van der Waals surface area contributed by atoms with Crippen molar-refractivity contribution in [2.24, 2.45) is 5.73 Å². The van der Waals surface area contributed by atoms with Gasteiger partial charge in [-0.05, 0) is 61.8 Å². The summed E-state index contributed by atoms with van der Waals surface area (Å²) in [4.78, 5) is 26.5. The minimum Gasteiger partial charge on any atom is -0.366 e. The summed E-state index contributed by atoms with van der Waals surface area (Å²) < 4.78 is 0.968. The van der Waals surface area contributed by atoms with E-state index < -0.39 is 5.91 Å². The number of nitrogens with two attached hydrogens (primary N) is 1. The molecule has 7 heteroatoms. The van der Waals surface area contributed by atoms with Crippen LogP contribution in [-0.2, 0) is 4.79 Å². The molecule has 1 atom stereocenters. The zero-order valence-corrected chi connectivity index (χ0v) is 16.4. The third-order valence-electron chi connectivity index (χ3n) is 4.44. The third-order valence-corrected chi connectivity index (χ3v) is 5.28. The van der Waals surface area contributed by atoms with Crippen LogP contribution in [0.2, 0.25) is 5.02 Å². The molecule has 136 valence electrons. The summed E-state index contributed by atoms with van der Waals surface area (Å²) in [5, 5.41) is 3.13. The van der Waals surface area contributed by atoms with E-state index in [0.717, 1.165) is 36.0 Å². The van der Waals surface area contributed by atoms with Crippen molar-refractivity contribution >= 4 is 45.0 Å². The zero-order valence-electron chi connectivity index (χ0n) is 14.0. The number of rotatable bonds is 5. The molecule has 1 saturated heterocycles. The van der Waals surface area contributed by atoms with Gasteiger partial charge in [0.2, 0.25) is 11.8 Å². The molecule has 1 aliphatic heterocycles. The summed E-state index contributed by atoms with van der Waals surface area (Å²) in [7, 11) is 0. The Kier molecular flexibility index (Phi) is 5.96. The highest BCUT2D eigenvalue weighted by Crippen LogP contribution is 2.28. The lowest BCUT2D eigenvalue weighted by molar-refractivity contribution is -0.121. The molecule has 0 aromatic heterocycles. The molecule has 1 unspecified atom stereocenters. The minimum atomic E-state index is -0.599. The molecule has 0 radical (unpaired) electrons. The standard InChI is InChI=1S/C19H19BrClN3O2/c20-13-5-3-12(4-6-13)17(24-9-1-2-10-24)19(26)23-14-7-8-15(18(22)25)16(21)11-14/h3-8,11,17H,1-2,9-10H2,(H2,22,25)(H,23,26). The van der Waals surface area contributed by atoms with Crippen LogP contribution in [-0.4, -0.2) is 29.8 Å². The first-order chi connectivity index (χ1) is 12.5. The van der Waals surface area contributed by atoms with Gasteiger partial charge in [-0.2, -0.15) is 0 Å². The average molecular weight is 437 g/mol. The first kappa shape index (κ1) is 18.9. The molecular weight excluding hydrogens is 418 g/mol. The van der Waals surface area contributed by atoms with Crippen LogP contribution in [0.1, 0.15) is 34.8 Å². The second kappa shape index (κ2) is 8.20. The molecule has 0 bridgehead atoms. The summed E-state index contributed by atoms with van der Waals surface area (Å²) in [6.07, 6.45) is 2.17. The molecule has 5 nitrogen and oxygen atoms in total. The normalized spacial score (nSPS) is 15.6. The Morgan fingerprint density at radius 3 is 2.35 bits per heavy atom. The van der Waals surface area contributed by atoms with Gasteiger partial charge in [0.1, 0.15) is 6.04 Å². The number of carbonyl (C=O) groups is 2. The van der Waals surface area contributed by atoms with Crippen LogP contribution in [0.3, 0.4) is 0 Å². The summed E-state index contributed by atoms with van der Waals surface area (Å²) in [5.41, 5.74) is 6.97. The summed E-state index contributed by atoms with van der Waals surface area (Å²) in [6.45, 7) is 1.77. The van der Waals surface area contributed by atoms with Crippen molar-refractivity contribution in [3.63, 3.8) is 0 Å². The number of halogens is 2. The number of likely N-dealkylation sites (tertiary alicyclic amines) is 1. The van der Waals surface area contributed by atoms with Gasteiger partial charge in [0.25, 0.3) is 0 Å². The lowest BCUT2D eigenvalue weighted by Gasteiger charge is -2.27. The molecule has 1 aliphatic rings. The SMILES string of the molecule is NC(=O)c1ccc(NC(=O)C(c2ccc(Br)cc2)N2CCCC2)cc1Cl. The van der Waals surface area contributed by atoms with Gasteiger partial charge in [0.05, 0.1) is 10.6 Å². The number of carbonyl (C=O) groups excluding carboxylic acids is 2. The van der Waals surface area contributed by atoms with E-state index >= 15 is 0 Å². The minimum absolute atomic E-state index is 0.128. The Bertz CT molecular complexity index is 820. The molecule has 3 N–H and O–H groups in total. The fourth-order valence-corrected chi connectivity index (χ4v) is 3.71. The lowest BCUT2D eigenvalue weighted by atomic mass is 10.0. The Morgan fingerprint density at radius 2 is 1.77 bits per heavy atom. The van der Waals surface area contributed by atoms with Crippen molar-refractivity contribution in [2.75, 3.05) is 18.4 Å². The molecule has 1 fully saturated rings. The molecule has 0 aliphatic carbocycles. The van der Waals surface area contributed by atoms with Gasteiger partial charge in [-0.25, -0.2) is 0 Å². The number of benzene rings is 2. The molecule has 3 rings (SSSR count). The van der Waals surface area contributed by atoms with Crippen molar-refractivity contribution in [1.82, 2.24) is 4.90 Å². The first-order valence-electron chi connectivity index (χ1n) is 8.35. The number of hydrogen-bond acceptors (Lipinski definition) is 3. The molecule has 2 amide bonds. The number of anilines is 1. The monoisotopic (exact) mass is 435 g/mol. The van der Waals surface area contributed by atoms with Crippen molar-refractivity contribution in [3.05, 3.63) is 63.1 Å². The van der Waals surface area contributed by atoms with Crippen LogP contribution in [0.25, 0.3) is 0 Å². The van der Waals surface area contributed by atoms with Crippen molar-refractivity contribution in [3.8, 4) is 0 Å². The molecule has 0 spiro atoms. The highest BCUT2D eigenvalue weighted by Gasteiger charge is 2.29. The van der Waals surface area contributed by atoms with E-state index in [4.69, 9.17) is 17.3 Å². The van der Waals surface area contributed by atoms with Crippen LogP contribution in [0, 0.1) is 0 Å². The number of amides is 2. The summed E-state index contributed by atoms with van der Waals surface area (Å²) in [5.74, 6) is -0.727. The van der Waals surface area contributed by atoms with Gasteiger partial charge in [0.15, 0.2) is 0 Å². The topological polar surface area (TPSA) is 75.4 Å². The molecule has 26 heavy (non-hydrogen) atoms. The third kappa shape index (κ3) is 4.26. The van der Waals surface area contributed by atoms with Crippen molar-refractivity contribution in [1.29, 1.82) is 0 Å². The van der Waals surface area contributed by atoms with E-state index in [1.165, 1.54) is 6.07 Å². The summed E-state index contributed by atoms with van der Waals surface area (Å²) >= 11 is 9.51. The van der Waals surface area contributed by atoms with Crippen LogP contribution in [0.5, 0.6) is 0 Å². The largest absolute Gasteiger partial charge is 0.366 e. The quantitative estimate of drug-likeness (QED) is 0.744. The van der Waals surface area contributed by atoms with E-state index in [0.29, 0.717) is 5.69 Å². The number of primary amides is 1. The molecule has 2 aromatic carbocycles. The maximum Gasteiger partial charge on any atom is 0.250 e. The Balaban J connectivity index is 1.84.